The van der Waals surface area contributed by atoms with Gasteiger partial charge in [-0.25, -0.2) is 4.99 Å². The molecule has 0 atom stereocenters. The minimum atomic E-state index is -0.110. The van der Waals surface area contributed by atoms with E-state index in [0.29, 0.717) is 19.0 Å². The van der Waals surface area contributed by atoms with Crippen molar-refractivity contribution in [1.29, 1.82) is 0 Å². The maximum absolute atomic E-state index is 12.1. The highest BCUT2D eigenvalue weighted by Gasteiger charge is 2.05. The maximum atomic E-state index is 12.1. The molecular formula is C22H30N4O2. The van der Waals surface area contributed by atoms with Crippen LogP contribution in [0.4, 0.5) is 0 Å². The van der Waals surface area contributed by atoms with Crippen LogP contribution in [0.25, 0.3) is 0 Å². The van der Waals surface area contributed by atoms with Crippen LogP contribution in [0.15, 0.2) is 53.5 Å². The third kappa shape index (κ3) is 7.31. The summed E-state index contributed by atoms with van der Waals surface area (Å²) in [6.07, 6.45) is 0.801. The lowest BCUT2D eigenvalue weighted by Gasteiger charge is -2.13. The molecule has 2 aromatic rings. The molecule has 0 unspecified atom stereocenters. The van der Waals surface area contributed by atoms with Crippen molar-refractivity contribution in [3.63, 3.8) is 0 Å². The van der Waals surface area contributed by atoms with Gasteiger partial charge in [0.25, 0.3) is 0 Å². The maximum Gasteiger partial charge on any atom is 0.242 e. The molecular weight excluding hydrogens is 352 g/mol. The Hall–Kier alpha value is -3.02. The Labute approximate surface area is 167 Å². The van der Waals surface area contributed by atoms with E-state index in [1.165, 1.54) is 5.56 Å². The first-order valence-corrected chi connectivity index (χ1v) is 9.58. The molecule has 1 amide bonds. The molecule has 3 N–H and O–H groups in total. The van der Waals surface area contributed by atoms with Gasteiger partial charge in [0.1, 0.15) is 12.3 Å². The monoisotopic (exact) mass is 382 g/mol. The van der Waals surface area contributed by atoms with Crippen LogP contribution in [-0.2, 0) is 17.8 Å². The first-order chi connectivity index (χ1) is 13.6. The fraction of sp³-hybridized carbons (Fsp3) is 0.364. The average molecular weight is 383 g/mol. The van der Waals surface area contributed by atoms with Crippen molar-refractivity contribution in [1.82, 2.24) is 16.0 Å². The lowest BCUT2D eigenvalue weighted by atomic mass is 10.1. The highest BCUT2D eigenvalue weighted by Crippen LogP contribution is 2.19. The number of hydrogen-bond donors (Lipinski definition) is 3. The lowest BCUT2D eigenvalue weighted by molar-refractivity contribution is -0.119. The predicted octanol–water partition coefficient (Wildman–Crippen LogP) is 2.42. The minimum absolute atomic E-state index is 0.0793. The standard InChI is InChI=1S/C22H30N4O2/c1-4-23-22(24-13-12-19-14-17(2)10-11-20(19)28-3)26-16-21(27)25-15-18-8-6-5-7-9-18/h5-11,14H,4,12-13,15-16H2,1-3H3,(H,25,27)(H2,23,24,26). The Bertz CT molecular complexity index is 775. The zero-order chi connectivity index (χ0) is 20.2. The molecule has 0 saturated heterocycles. The predicted molar refractivity (Wildman–Crippen MR) is 114 cm³/mol. The van der Waals surface area contributed by atoms with Crippen molar-refractivity contribution < 1.29 is 9.53 Å². The number of hydrogen-bond acceptors (Lipinski definition) is 3. The number of ether oxygens (including phenoxy) is 1. The largest absolute Gasteiger partial charge is 0.496 e. The highest BCUT2D eigenvalue weighted by atomic mass is 16.5. The van der Waals surface area contributed by atoms with Crippen molar-refractivity contribution >= 4 is 11.9 Å². The number of guanidine groups is 1. The molecule has 2 aromatic carbocycles. The molecule has 6 heteroatoms. The Morgan fingerprint density at radius 2 is 1.86 bits per heavy atom. The van der Waals surface area contributed by atoms with Gasteiger partial charge in [-0.2, -0.15) is 0 Å². The Kier molecular flexibility index (Phi) is 8.85. The van der Waals surface area contributed by atoms with Gasteiger partial charge >= 0.3 is 0 Å². The molecule has 0 heterocycles. The summed E-state index contributed by atoms with van der Waals surface area (Å²) >= 11 is 0. The highest BCUT2D eigenvalue weighted by molar-refractivity contribution is 5.84. The summed E-state index contributed by atoms with van der Waals surface area (Å²) < 4.78 is 5.42. The first-order valence-electron chi connectivity index (χ1n) is 9.58. The second-order valence-electron chi connectivity index (χ2n) is 6.45. The van der Waals surface area contributed by atoms with Gasteiger partial charge in [-0.3, -0.25) is 4.79 Å². The first kappa shape index (κ1) is 21.3. The van der Waals surface area contributed by atoms with Gasteiger partial charge in [-0.15, -0.1) is 0 Å². The number of aliphatic imine (C=N–C) groups is 1. The van der Waals surface area contributed by atoms with E-state index in [0.717, 1.165) is 29.8 Å². The van der Waals surface area contributed by atoms with E-state index in [4.69, 9.17) is 4.74 Å². The summed E-state index contributed by atoms with van der Waals surface area (Å²) in [4.78, 5) is 16.4. The molecule has 0 radical (unpaired) electrons. The molecule has 150 valence electrons. The quantitative estimate of drug-likeness (QED) is 0.460. The van der Waals surface area contributed by atoms with E-state index in [1.54, 1.807) is 7.11 Å². The van der Waals surface area contributed by atoms with Crippen molar-refractivity contribution in [3.05, 3.63) is 65.2 Å². The van der Waals surface area contributed by atoms with E-state index in [1.807, 2.05) is 49.4 Å². The van der Waals surface area contributed by atoms with Crippen LogP contribution in [0, 0.1) is 6.92 Å². The summed E-state index contributed by atoms with van der Waals surface area (Å²) in [5.74, 6) is 1.40. The van der Waals surface area contributed by atoms with Crippen molar-refractivity contribution in [3.8, 4) is 5.75 Å². The van der Waals surface area contributed by atoms with Gasteiger partial charge in [0.15, 0.2) is 5.96 Å². The number of carbonyl (C=O) groups excluding carboxylic acids is 1. The number of nitrogens with zero attached hydrogens (tertiary/aromatic N) is 1. The molecule has 0 aromatic heterocycles. The summed E-state index contributed by atoms with van der Waals surface area (Å²) in [5.41, 5.74) is 3.41. The van der Waals surface area contributed by atoms with Gasteiger partial charge in [0, 0.05) is 19.6 Å². The Morgan fingerprint density at radius 1 is 1.07 bits per heavy atom. The number of carbonyl (C=O) groups is 1. The van der Waals surface area contributed by atoms with Gasteiger partial charge in [0.2, 0.25) is 5.91 Å². The van der Waals surface area contributed by atoms with E-state index in [2.05, 4.69) is 33.9 Å². The van der Waals surface area contributed by atoms with Crippen LogP contribution >= 0.6 is 0 Å². The van der Waals surface area contributed by atoms with E-state index in [-0.39, 0.29) is 12.5 Å². The molecule has 2 rings (SSSR count). The second-order valence-corrected chi connectivity index (χ2v) is 6.45. The van der Waals surface area contributed by atoms with Gasteiger partial charge in [0.05, 0.1) is 7.11 Å². The second kappa shape index (κ2) is 11.6. The van der Waals surface area contributed by atoms with E-state index >= 15 is 0 Å². The molecule has 0 saturated carbocycles. The molecule has 0 aliphatic rings. The minimum Gasteiger partial charge on any atom is -0.496 e. The average Bonchev–Trinajstić information content (AvgIpc) is 2.71. The summed E-state index contributed by atoms with van der Waals surface area (Å²) in [6.45, 7) is 6.07. The molecule has 0 aliphatic carbocycles. The van der Waals surface area contributed by atoms with E-state index in [9.17, 15) is 4.79 Å². The number of methoxy groups -OCH3 is 1. The van der Waals surface area contributed by atoms with Crippen molar-refractivity contribution in [2.24, 2.45) is 4.99 Å². The molecule has 0 spiro atoms. The van der Waals surface area contributed by atoms with Gasteiger partial charge < -0.3 is 20.7 Å². The summed E-state index contributed by atoms with van der Waals surface area (Å²) in [5, 5.41) is 9.32. The molecule has 0 aliphatic heterocycles. The van der Waals surface area contributed by atoms with E-state index < -0.39 is 0 Å². The number of rotatable bonds is 9. The Balaban J connectivity index is 1.83. The van der Waals surface area contributed by atoms with Crippen LogP contribution in [0.3, 0.4) is 0 Å². The summed E-state index contributed by atoms with van der Waals surface area (Å²) in [6, 6.07) is 16.0. The zero-order valence-electron chi connectivity index (χ0n) is 16.9. The molecule has 28 heavy (non-hydrogen) atoms. The third-order valence-corrected chi connectivity index (χ3v) is 4.18. The lowest BCUT2D eigenvalue weighted by Crippen LogP contribution is -2.39. The number of nitrogens with one attached hydrogen (secondary N) is 3. The van der Waals surface area contributed by atoms with Gasteiger partial charge in [-0.1, -0.05) is 48.0 Å². The summed E-state index contributed by atoms with van der Waals surface area (Å²) in [7, 11) is 1.68. The van der Waals surface area contributed by atoms with Crippen molar-refractivity contribution in [2.45, 2.75) is 26.8 Å². The number of aryl methyl sites for hydroxylation is 1. The van der Waals surface area contributed by atoms with Crippen LogP contribution in [-0.4, -0.2) is 38.6 Å². The van der Waals surface area contributed by atoms with Crippen LogP contribution < -0.4 is 20.7 Å². The molecule has 0 bridgehead atoms. The fourth-order valence-corrected chi connectivity index (χ4v) is 2.76. The number of benzene rings is 2. The number of amides is 1. The smallest absolute Gasteiger partial charge is 0.242 e. The van der Waals surface area contributed by atoms with Crippen LogP contribution in [0.5, 0.6) is 5.75 Å². The molecule has 6 nitrogen and oxygen atoms in total. The molecule has 0 fully saturated rings. The Morgan fingerprint density at radius 3 is 2.57 bits per heavy atom. The normalized spacial score (nSPS) is 11.0. The fourth-order valence-electron chi connectivity index (χ4n) is 2.76. The van der Waals surface area contributed by atoms with Gasteiger partial charge in [-0.05, 0) is 37.5 Å². The van der Waals surface area contributed by atoms with Crippen molar-refractivity contribution in [2.75, 3.05) is 26.7 Å². The van der Waals surface area contributed by atoms with Crippen LogP contribution in [0.1, 0.15) is 23.6 Å². The third-order valence-electron chi connectivity index (χ3n) is 4.18. The SMILES string of the molecule is CCNC(=NCC(=O)NCc1ccccc1)NCCc1cc(C)ccc1OC. The topological polar surface area (TPSA) is 74.8 Å². The zero-order valence-corrected chi connectivity index (χ0v) is 16.9. The van der Waals surface area contributed by atoms with Crippen LogP contribution in [0.2, 0.25) is 0 Å².